The molecule has 0 aliphatic heterocycles. The summed E-state index contributed by atoms with van der Waals surface area (Å²) >= 11 is 7.67. The number of hydrogen-bond donors (Lipinski definition) is 1. The Morgan fingerprint density at radius 3 is 2.78 bits per heavy atom. The van der Waals surface area contributed by atoms with Crippen molar-refractivity contribution in [2.75, 3.05) is 5.75 Å². The molecule has 1 aliphatic carbocycles. The first kappa shape index (κ1) is 14.2. The van der Waals surface area contributed by atoms with Crippen LogP contribution in [-0.4, -0.2) is 17.0 Å². The summed E-state index contributed by atoms with van der Waals surface area (Å²) in [6.07, 6.45) is 5.90. The lowest BCUT2D eigenvalue weighted by atomic mass is 10.1. The molecule has 100 valence electrons. The van der Waals surface area contributed by atoms with Gasteiger partial charge in [-0.25, -0.2) is 4.39 Å². The van der Waals surface area contributed by atoms with Crippen molar-refractivity contribution in [1.29, 1.82) is 0 Å². The van der Waals surface area contributed by atoms with Crippen LogP contribution < -0.4 is 5.73 Å². The Morgan fingerprint density at radius 2 is 2.11 bits per heavy atom. The predicted molar refractivity (Wildman–Crippen MR) is 77.8 cm³/mol. The van der Waals surface area contributed by atoms with E-state index < -0.39 is 0 Å². The SMILES string of the molecule is NC(CSC1CCCC1)Cc1ccc(Cl)cc1F. The van der Waals surface area contributed by atoms with Crippen LogP contribution >= 0.6 is 23.4 Å². The van der Waals surface area contributed by atoms with Gasteiger partial charge >= 0.3 is 0 Å². The Bertz CT molecular complexity index is 393. The molecule has 2 N–H and O–H groups in total. The fraction of sp³-hybridized carbons (Fsp3) is 0.571. The Hall–Kier alpha value is -0.250. The second-order valence-corrected chi connectivity index (χ2v) is 6.71. The molecule has 1 saturated carbocycles. The summed E-state index contributed by atoms with van der Waals surface area (Å²) in [7, 11) is 0. The van der Waals surface area contributed by atoms with Crippen LogP contribution in [0.3, 0.4) is 0 Å². The summed E-state index contributed by atoms with van der Waals surface area (Å²) in [5.41, 5.74) is 6.74. The second kappa shape index (κ2) is 6.78. The topological polar surface area (TPSA) is 26.0 Å². The van der Waals surface area contributed by atoms with E-state index in [9.17, 15) is 4.39 Å². The molecule has 1 aromatic rings. The van der Waals surface area contributed by atoms with E-state index in [0.29, 0.717) is 17.0 Å². The minimum atomic E-state index is -0.246. The highest BCUT2D eigenvalue weighted by Crippen LogP contribution is 2.29. The monoisotopic (exact) mass is 287 g/mol. The number of hydrogen-bond acceptors (Lipinski definition) is 2. The fourth-order valence-electron chi connectivity index (χ4n) is 2.34. The average molecular weight is 288 g/mol. The van der Waals surface area contributed by atoms with Gasteiger partial charge in [-0.15, -0.1) is 0 Å². The first-order valence-electron chi connectivity index (χ1n) is 6.46. The summed E-state index contributed by atoms with van der Waals surface area (Å²) < 4.78 is 13.6. The van der Waals surface area contributed by atoms with Crippen LogP contribution in [0.1, 0.15) is 31.2 Å². The van der Waals surface area contributed by atoms with E-state index in [2.05, 4.69) is 0 Å². The van der Waals surface area contributed by atoms with Crippen molar-refractivity contribution in [3.05, 3.63) is 34.6 Å². The summed E-state index contributed by atoms with van der Waals surface area (Å²) in [4.78, 5) is 0. The number of thioether (sulfide) groups is 1. The normalized spacial score (nSPS) is 18.2. The van der Waals surface area contributed by atoms with Crippen molar-refractivity contribution >= 4 is 23.4 Å². The molecule has 0 aromatic heterocycles. The van der Waals surface area contributed by atoms with Crippen LogP contribution in [0.5, 0.6) is 0 Å². The van der Waals surface area contributed by atoms with Gasteiger partial charge in [-0.05, 0) is 37.0 Å². The van der Waals surface area contributed by atoms with E-state index in [1.54, 1.807) is 12.1 Å². The summed E-state index contributed by atoms with van der Waals surface area (Å²) in [5, 5.41) is 1.20. The third-order valence-electron chi connectivity index (χ3n) is 3.35. The van der Waals surface area contributed by atoms with E-state index in [1.807, 2.05) is 11.8 Å². The molecule has 1 aromatic carbocycles. The van der Waals surface area contributed by atoms with Crippen molar-refractivity contribution in [2.45, 2.75) is 43.4 Å². The fourth-order valence-corrected chi connectivity index (χ4v) is 3.81. The Kier molecular flexibility index (Phi) is 5.34. The van der Waals surface area contributed by atoms with Gasteiger partial charge in [0.05, 0.1) is 0 Å². The third kappa shape index (κ3) is 4.15. The number of benzene rings is 1. The van der Waals surface area contributed by atoms with Crippen molar-refractivity contribution in [2.24, 2.45) is 5.73 Å². The predicted octanol–water partition coefficient (Wildman–Crippen LogP) is 4.02. The summed E-state index contributed by atoms with van der Waals surface area (Å²) in [5.74, 6) is 0.663. The number of halogens is 2. The summed E-state index contributed by atoms with van der Waals surface area (Å²) in [6.45, 7) is 0. The van der Waals surface area contributed by atoms with Gasteiger partial charge in [0.25, 0.3) is 0 Å². The molecule has 0 spiro atoms. The third-order valence-corrected chi connectivity index (χ3v) is 5.14. The molecule has 2 rings (SSSR count). The van der Waals surface area contributed by atoms with Crippen LogP contribution in [0.15, 0.2) is 18.2 Å². The molecule has 0 bridgehead atoms. The molecule has 1 atom stereocenters. The number of rotatable bonds is 5. The lowest BCUT2D eigenvalue weighted by Crippen LogP contribution is -2.27. The quantitative estimate of drug-likeness (QED) is 0.885. The van der Waals surface area contributed by atoms with Gasteiger partial charge in [0.1, 0.15) is 5.82 Å². The molecular formula is C14H19ClFNS. The lowest BCUT2D eigenvalue weighted by Gasteiger charge is -2.15. The Morgan fingerprint density at radius 1 is 1.39 bits per heavy atom. The van der Waals surface area contributed by atoms with E-state index in [0.717, 1.165) is 11.0 Å². The van der Waals surface area contributed by atoms with Crippen molar-refractivity contribution in [3.63, 3.8) is 0 Å². The first-order chi connectivity index (χ1) is 8.65. The molecule has 4 heteroatoms. The minimum absolute atomic E-state index is 0.0197. The maximum atomic E-state index is 13.6. The Labute approximate surface area is 117 Å². The highest BCUT2D eigenvalue weighted by atomic mass is 35.5. The van der Waals surface area contributed by atoms with Gasteiger partial charge in [-0.2, -0.15) is 11.8 Å². The average Bonchev–Trinajstić information content (AvgIpc) is 2.83. The van der Waals surface area contributed by atoms with Crippen molar-refractivity contribution in [3.8, 4) is 0 Å². The standard InChI is InChI=1S/C14H19ClFNS/c15-11-6-5-10(14(16)8-11)7-12(17)9-18-13-3-1-2-4-13/h5-6,8,12-13H,1-4,7,9,17H2. The van der Waals surface area contributed by atoms with Crippen LogP contribution in [0.25, 0.3) is 0 Å². The molecule has 1 nitrogen and oxygen atoms in total. The van der Waals surface area contributed by atoms with Gasteiger partial charge < -0.3 is 5.73 Å². The maximum Gasteiger partial charge on any atom is 0.127 e. The summed E-state index contributed by atoms with van der Waals surface area (Å²) in [6, 6.07) is 4.83. The lowest BCUT2D eigenvalue weighted by molar-refractivity contribution is 0.597. The van der Waals surface area contributed by atoms with Crippen molar-refractivity contribution in [1.82, 2.24) is 0 Å². The molecule has 0 radical (unpaired) electrons. The zero-order valence-electron chi connectivity index (χ0n) is 10.4. The van der Waals surface area contributed by atoms with E-state index >= 15 is 0 Å². The smallest absolute Gasteiger partial charge is 0.127 e. The van der Waals surface area contributed by atoms with E-state index in [4.69, 9.17) is 17.3 Å². The second-order valence-electron chi connectivity index (χ2n) is 4.94. The Balaban J connectivity index is 1.80. The molecule has 18 heavy (non-hydrogen) atoms. The molecule has 1 fully saturated rings. The van der Waals surface area contributed by atoms with Gasteiger partial charge in [0.2, 0.25) is 0 Å². The maximum absolute atomic E-state index is 13.6. The van der Waals surface area contributed by atoms with Gasteiger partial charge in [-0.3, -0.25) is 0 Å². The van der Waals surface area contributed by atoms with Crippen LogP contribution in [-0.2, 0) is 6.42 Å². The van der Waals surface area contributed by atoms with Gasteiger partial charge in [0.15, 0.2) is 0 Å². The zero-order chi connectivity index (χ0) is 13.0. The van der Waals surface area contributed by atoms with Crippen molar-refractivity contribution < 1.29 is 4.39 Å². The molecule has 1 aliphatic rings. The molecule has 0 heterocycles. The first-order valence-corrected chi connectivity index (χ1v) is 7.89. The largest absolute Gasteiger partial charge is 0.327 e. The molecule has 0 saturated heterocycles. The molecule has 0 amide bonds. The molecule has 1 unspecified atom stereocenters. The van der Waals surface area contributed by atoms with Crippen LogP contribution in [0.4, 0.5) is 4.39 Å². The zero-order valence-corrected chi connectivity index (χ0v) is 11.9. The highest BCUT2D eigenvalue weighted by Gasteiger charge is 2.17. The highest BCUT2D eigenvalue weighted by molar-refractivity contribution is 7.99. The van der Waals surface area contributed by atoms with Gasteiger partial charge in [-0.1, -0.05) is 30.5 Å². The number of nitrogens with two attached hydrogens (primary N) is 1. The van der Waals surface area contributed by atoms with Crippen LogP contribution in [0.2, 0.25) is 5.02 Å². The van der Waals surface area contributed by atoms with Gasteiger partial charge in [0, 0.05) is 22.1 Å². The minimum Gasteiger partial charge on any atom is -0.327 e. The van der Waals surface area contributed by atoms with E-state index in [-0.39, 0.29) is 11.9 Å². The van der Waals surface area contributed by atoms with E-state index in [1.165, 1.54) is 31.7 Å². The van der Waals surface area contributed by atoms with Crippen LogP contribution in [0, 0.1) is 5.82 Å². The molecular weight excluding hydrogens is 269 g/mol.